The molecule has 0 aliphatic heterocycles. The number of anilines is 1. The third-order valence-electron chi connectivity index (χ3n) is 6.42. The van der Waals surface area contributed by atoms with Gasteiger partial charge in [0.1, 0.15) is 23.4 Å². The summed E-state index contributed by atoms with van der Waals surface area (Å²) in [7, 11) is 0. The van der Waals surface area contributed by atoms with Crippen molar-refractivity contribution in [2.45, 2.75) is 98.3 Å². The second-order valence-corrected chi connectivity index (χ2v) is 11.0. The van der Waals surface area contributed by atoms with Crippen LogP contribution in [-0.4, -0.2) is 46.1 Å². The number of amides is 3. The molecule has 0 saturated carbocycles. The fourth-order valence-corrected chi connectivity index (χ4v) is 4.31. The first-order valence-electron chi connectivity index (χ1n) is 13.8. The maximum Gasteiger partial charge on any atom is 0.408 e. The molecule has 3 N–H and O–H groups in total. The number of ether oxygens (including phenoxy) is 1. The van der Waals surface area contributed by atoms with E-state index in [4.69, 9.17) is 4.74 Å². The van der Waals surface area contributed by atoms with Crippen LogP contribution in [0.4, 0.5) is 10.5 Å². The van der Waals surface area contributed by atoms with E-state index in [-0.39, 0.29) is 12.3 Å². The van der Waals surface area contributed by atoms with Gasteiger partial charge in [-0.25, -0.2) is 4.79 Å². The lowest BCUT2D eigenvalue weighted by atomic mass is 9.98. The number of para-hydroxylation sites is 2. The minimum Gasteiger partial charge on any atom is -0.507 e. The number of rotatable bonds is 12. The molecule has 0 aliphatic rings. The van der Waals surface area contributed by atoms with Gasteiger partial charge in [-0.2, -0.15) is 0 Å². The number of phenols is 1. The summed E-state index contributed by atoms with van der Waals surface area (Å²) in [6.07, 6.45) is 4.02. The Hall–Kier alpha value is -3.55. The van der Waals surface area contributed by atoms with Crippen LogP contribution >= 0.6 is 0 Å². The number of aryl methyl sites for hydroxylation is 2. The van der Waals surface area contributed by atoms with E-state index in [1.165, 1.54) is 4.90 Å². The van der Waals surface area contributed by atoms with Crippen molar-refractivity contribution in [3.05, 3.63) is 59.2 Å². The van der Waals surface area contributed by atoms with Gasteiger partial charge in [0.15, 0.2) is 0 Å². The van der Waals surface area contributed by atoms with Crippen molar-refractivity contribution < 1.29 is 24.2 Å². The van der Waals surface area contributed by atoms with E-state index in [2.05, 4.69) is 17.6 Å². The number of hydrogen-bond donors (Lipinski definition) is 3. The van der Waals surface area contributed by atoms with E-state index < -0.39 is 35.6 Å². The average molecular weight is 540 g/mol. The molecule has 2 atom stereocenters. The number of unbranched alkanes of at least 4 members (excludes halogenated alkanes) is 4. The van der Waals surface area contributed by atoms with Gasteiger partial charge < -0.3 is 25.4 Å². The van der Waals surface area contributed by atoms with Crippen LogP contribution in [0.15, 0.2) is 42.5 Å². The number of benzene rings is 2. The predicted octanol–water partition coefficient (Wildman–Crippen LogP) is 6.40. The van der Waals surface area contributed by atoms with Gasteiger partial charge in [0.05, 0.1) is 0 Å². The maximum atomic E-state index is 13.9. The highest BCUT2D eigenvalue weighted by Crippen LogP contribution is 2.33. The molecule has 39 heavy (non-hydrogen) atoms. The molecule has 8 heteroatoms. The Balaban J connectivity index is 2.48. The van der Waals surface area contributed by atoms with Crippen LogP contribution in [0, 0.1) is 13.8 Å². The van der Waals surface area contributed by atoms with Gasteiger partial charge in [0.25, 0.3) is 5.91 Å². The summed E-state index contributed by atoms with van der Waals surface area (Å²) in [6.45, 7) is 12.9. The second kappa shape index (κ2) is 14.6. The summed E-state index contributed by atoms with van der Waals surface area (Å²) in [5.41, 5.74) is 1.68. The minimum atomic E-state index is -1.12. The number of phenolic OH excluding ortho intramolecular Hbond substituents is 1. The maximum absolute atomic E-state index is 13.9. The number of carbonyl (C=O) groups excluding carboxylic acids is 3. The first kappa shape index (κ1) is 31.7. The van der Waals surface area contributed by atoms with Crippen LogP contribution in [0.25, 0.3) is 0 Å². The Morgan fingerprint density at radius 2 is 1.59 bits per heavy atom. The minimum absolute atomic E-state index is 0.0426. The van der Waals surface area contributed by atoms with Gasteiger partial charge in [-0.1, -0.05) is 69.0 Å². The van der Waals surface area contributed by atoms with Crippen molar-refractivity contribution >= 4 is 23.6 Å². The van der Waals surface area contributed by atoms with E-state index in [1.54, 1.807) is 58.9 Å². The van der Waals surface area contributed by atoms with Crippen molar-refractivity contribution in [3.8, 4) is 5.75 Å². The van der Waals surface area contributed by atoms with Crippen LogP contribution in [-0.2, 0) is 14.3 Å². The molecule has 0 radical (unpaired) electrons. The van der Waals surface area contributed by atoms with Gasteiger partial charge in [0, 0.05) is 17.8 Å². The zero-order chi connectivity index (χ0) is 29.2. The van der Waals surface area contributed by atoms with Crippen LogP contribution in [0.1, 0.15) is 89.5 Å². The van der Waals surface area contributed by atoms with Crippen LogP contribution in [0.3, 0.4) is 0 Å². The summed E-state index contributed by atoms with van der Waals surface area (Å²) >= 11 is 0. The Morgan fingerprint density at radius 1 is 0.949 bits per heavy atom. The summed E-state index contributed by atoms with van der Waals surface area (Å²) in [6, 6.07) is 10.5. The molecule has 0 bridgehead atoms. The summed E-state index contributed by atoms with van der Waals surface area (Å²) in [4.78, 5) is 41.7. The molecule has 2 aromatic rings. The van der Waals surface area contributed by atoms with E-state index in [1.807, 2.05) is 25.1 Å². The fourth-order valence-electron chi connectivity index (χ4n) is 4.31. The SMILES string of the molecule is CCCCCCCN(C(=O)C(C)NC(=O)OC(C)(C)C)C(C(=O)Nc1ccccc1C)c1cccc(C)c1O. The van der Waals surface area contributed by atoms with Gasteiger partial charge in [-0.15, -0.1) is 0 Å². The predicted molar refractivity (Wildman–Crippen MR) is 155 cm³/mol. The Kier molecular flexibility index (Phi) is 11.8. The molecule has 0 aromatic heterocycles. The normalized spacial score (nSPS) is 12.8. The van der Waals surface area contributed by atoms with Crippen LogP contribution in [0.2, 0.25) is 0 Å². The fraction of sp³-hybridized carbons (Fsp3) is 0.516. The number of hydrogen-bond acceptors (Lipinski definition) is 5. The van der Waals surface area contributed by atoms with Crippen molar-refractivity contribution in [2.75, 3.05) is 11.9 Å². The molecule has 214 valence electrons. The van der Waals surface area contributed by atoms with Crippen molar-refractivity contribution in [2.24, 2.45) is 0 Å². The highest BCUT2D eigenvalue weighted by molar-refractivity contribution is 5.99. The number of aromatic hydroxyl groups is 1. The van der Waals surface area contributed by atoms with Crippen molar-refractivity contribution in [1.29, 1.82) is 0 Å². The number of nitrogens with zero attached hydrogens (tertiary/aromatic N) is 1. The van der Waals surface area contributed by atoms with Gasteiger partial charge in [-0.3, -0.25) is 9.59 Å². The van der Waals surface area contributed by atoms with E-state index >= 15 is 0 Å². The zero-order valence-corrected chi connectivity index (χ0v) is 24.5. The van der Waals surface area contributed by atoms with E-state index in [0.717, 1.165) is 31.2 Å². The molecule has 0 saturated heterocycles. The lowest BCUT2D eigenvalue weighted by Gasteiger charge is -2.34. The first-order chi connectivity index (χ1) is 18.4. The lowest BCUT2D eigenvalue weighted by molar-refractivity contribution is -0.140. The third kappa shape index (κ3) is 9.61. The van der Waals surface area contributed by atoms with Crippen LogP contribution < -0.4 is 10.6 Å². The van der Waals surface area contributed by atoms with Gasteiger partial charge in [-0.05, 0) is 65.2 Å². The molecular formula is C31H45N3O5. The van der Waals surface area contributed by atoms with Gasteiger partial charge >= 0.3 is 6.09 Å². The van der Waals surface area contributed by atoms with Crippen LogP contribution in [0.5, 0.6) is 5.75 Å². The standard InChI is InChI=1S/C31H45N3O5/c1-8-9-10-11-14-20-34(29(37)23(4)32-30(38)39-31(5,6)7)26(24-18-15-17-22(3)27(24)35)28(36)33-25-19-13-12-16-21(25)2/h12-13,15-19,23,26,35H,8-11,14,20H2,1-7H3,(H,32,38)(H,33,36). The molecule has 0 aliphatic carbocycles. The van der Waals surface area contributed by atoms with Crippen molar-refractivity contribution in [3.63, 3.8) is 0 Å². The van der Waals surface area contributed by atoms with E-state index in [0.29, 0.717) is 23.2 Å². The molecule has 0 fully saturated rings. The number of nitrogens with one attached hydrogen (secondary N) is 2. The molecule has 3 amide bonds. The Labute approximate surface area is 233 Å². The van der Waals surface area contributed by atoms with E-state index in [9.17, 15) is 19.5 Å². The highest BCUT2D eigenvalue weighted by Gasteiger charge is 2.36. The molecule has 0 spiro atoms. The molecular weight excluding hydrogens is 494 g/mol. The number of carbonyl (C=O) groups is 3. The summed E-state index contributed by atoms with van der Waals surface area (Å²) in [5, 5.41) is 16.6. The van der Waals surface area contributed by atoms with Crippen molar-refractivity contribution in [1.82, 2.24) is 10.2 Å². The van der Waals surface area contributed by atoms with Gasteiger partial charge in [0.2, 0.25) is 5.91 Å². The molecule has 2 aromatic carbocycles. The smallest absolute Gasteiger partial charge is 0.408 e. The monoisotopic (exact) mass is 539 g/mol. The molecule has 0 heterocycles. The first-order valence-corrected chi connectivity index (χ1v) is 13.8. The topological polar surface area (TPSA) is 108 Å². The molecule has 2 unspecified atom stereocenters. The highest BCUT2D eigenvalue weighted by atomic mass is 16.6. The lowest BCUT2D eigenvalue weighted by Crippen LogP contribution is -2.51. The quantitative estimate of drug-likeness (QED) is 0.271. The Bertz CT molecular complexity index is 1130. The molecule has 8 nitrogen and oxygen atoms in total. The third-order valence-corrected chi connectivity index (χ3v) is 6.42. The zero-order valence-electron chi connectivity index (χ0n) is 24.5. The Morgan fingerprint density at radius 3 is 2.23 bits per heavy atom. The number of alkyl carbamates (subject to hydrolysis) is 1. The summed E-state index contributed by atoms with van der Waals surface area (Å²) < 4.78 is 5.34. The largest absolute Gasteiger partial charge is 0.507 e. The summed E-state index contributed by atoms with van der Waals surface area (Å²) in [5.74, 6) is -0.933. The average Bonchev–Trinajstić information content (AvgIpc) is 2.85. The second-order valence-electron chi connectivity index (χ2n) is 11.0. The molecule has 2 rings (SSSR count).